The van der Waals surface area contributed by atoms with Crippen LogP contribution in [0.4, 0.5) is 0 Å². The molecule has 2 aliphatic carbocycles. The molecule has 0 saturated heterocycles. The van der Waals surface area contributed by atoms with E-state index in [0.717, 1.165) is 5.92 Å². The molecule has 2 aliphatic rings. The summed E-state index contributed by atoms with van der Waals surface area (Å²) < 4.78 is 0. The summed E-state index contributed by atoms with van der Waals surface area (Å²) in [7, 11) is 0. The number of ketones is 1. The summed E-state index contributed by atoms with van der Waals surface area (Å²) in [6.07, 6.45) is 11.7. The summed E-state index contributed by atoms with van der Waals surface area (Å²) in [5.41, 5.74) is 0.125. The summed E-state index contributed by atoms with van der Waals surface area (Å²) >= 11 is 0. The van der Waals surface area contributed by atoms with Gasteiger partial charge in [-0.05, 0) is 38.5 Å². The highest BCUT2D eigenvalue weighted by Gasteiger charge is 2.44. The SMILES string of the molecule is CC(=O)C1(C2CCCCC2)CCCC1. The van der Waals surface area contributed by atoms with Crippen LogP contribution in [-0.4, -0.2) is 5.78 Å². The first kappa shape index (κ1) is 10.2. The van der Waals surface area contributed by atoms with Gasteiger partial charge in [-0.2, -0.15) is 0 Å². The maximum Gasteiger partial charge on any atom is 0.136 e. The van der Waals surface area contributed by atoms with Gasteiger partial charge in [0.15, 0.2) is 0 Å². The Labute approximate surface area is 87.3 Å². The molecule has 0 bridgehead atoms. The third-order valence-electron chi connectivity index (χ3n) is 4.58. The highest BCUT2D eigenvalue weighted by Crippen LogP contribution is 2.50. The molecule has 0 N–H and O–H groups in total. The highest BCUT2D eigenvalue weighted by molar-refractivity contribution is 5.83. The number of carbonyl (C=O) groups is 1. The maximum atomic E-state index is 11.9. The zero-order valence-electron chi connectivity index (χ0n) is 9.35. The first-order valence-corrected chi connectivity index (χ1v) is 6.27. The van der Waals surface area contributed by atoms with E-state index in [1.165, 1.54) is 57.8 Å². The van der Waals surface area contributed by atoms with Gasteiger partial charge in [-0.25, -0.2) is 0 Å². The topological polar surface area (TPSA) is 17.1 Å². The van der Waals surface area contributed by atoms with Gasteiger partial charge in [0.25, 0.3) is 0 Å². The van der Waals surface area contributed by atoms with Crippen molar-refractivity contribution in [3.8, 4) is 0 Å². The largest absolute Gasteiger partial charge is 0.299 e. The lowest BCUT2D eigenvalue weighted by Gasteiger charge is -2.38. The predicted molar refractivity (Wildman–Crippen MR) is 58.2 cm³/mol. The Kier molecular flexibility index (Phi) is 2.94. The number of Topliss-reactive ketones (excluding diaryl/α,β-unsaturated/α-hetero) is 1. The highest BCUT2D eigenvalue weighted by atomic mass is 16.1. The Morgan fingerprint density at radius 1 is 1.00 bits per heavy atom. The van der Waals surface area contributed by atoms with E-state index in [2.05, 4.69) is 0 Å². The normalized spacial score (nSPS) is 27.8. The van der Waals surface area contributed by atoms with Crippen molar-refractivity contribution in [3.05, 3.63) is 0 Å². The van der Waals surface area contributed by atoms with Crippen LogP contribution in [0.1, 0.15) is 64.7 Å². The van der Waals surface area contributed by atoms with Crippen LogP contribution >= 0.6 is 0 Å². The molecule has 0 atom stereocenters. The first-order valence-electron chi connectivity index (χ1n) is 6.27. The second-order valence-corrected chi connectivity index (χ2v) is 5.25. The third kappa shape index (κ3) is 1.62. The van der Waals surface area contributed by atoms with Crippen molar-refractivity contribution in [1.82, 2.24) is 0 Å². The van der Waals surface area contributed by atoms with Crippen molar-refractivity contribution < 1.29 is 4.79 Å². The van der Waals surface area contributed by atoms with E-state index < -0.39 is 0 Å². The molecule has 0 radical (unpaired) electrons. The van der Waals surface area contributed by atoms with Crippen LogP contribution in [0.15, 0.2) is 0 Å². The molecule has 0 amide bonds. The monoisotopic (exact) mass is 194 g/mol. The van der Waals surface area contributed by atoms with Gasteiger partial charge >= 0.3 is 0 Å². The Morgan fingerprint density at radius 3 is 2.07 bits per heavy atom. The van der Waals surface area contributed by atoms with Crippen LogP contribution in [0, 0.1) is 11.3 Å². The molecule has 0 unspecified atom stereocenters. The molecule has 2 rings (SSSR count). The molecule has 0 aliphatic heterocycles. The van der Waals surface area contributed by atoms with Gasteiger partial charge in [-0.1, -0.05) is 32.1 Å². The predicted octanol–water partition coefficient (Wildman–Crippen LogP) is 3.72. The summed E-state index contributed by atoms with van der Waals surface area (Å²) in [5.74, 6) is 1.22. The quantitative estimate of drug-likeness (QED) is 0.655. The third-order valence-corrected chi connectivity index (χ3v) is 4.58. The molecule has 2 saturated carbocycles. The molecule has 14 heavy (non-hydrogen) atoms. The Morgan fingerprint density at radius 2 is 1.57 bits per heavy atom. The van der Waals surface area contributed by atoms with Gasteiger partial charge in [0.2, 0.25) is 0 Å². The number of hydrogen-bond donors (Lipinski definition) is 0. The summed E-state index contributed by atoms with van der Waals surface area (Å²) in [4.78, 5) is 11.9. The minimum Gasteiger partial charge on any atom is -0.299 e. The lowest BCUT2D eigenvalue weighted by atomic mass is 9.65. The van der Waals surface area contributed by atoms with Gasteiger partial charge < -0.3 is 0 Å². The minimum absolute atomic E-state index is 0.125. The van der Waals surface area contributed by atoms with Gasteiger partial charge in [-0.3, -0.25) is 4.79 Å². The standard InChI is InChI=1S/C13H22O/c1-11(14)13(9-5-6-10-13)12-7-3-2-4-8-12/h12H,2-10H2,1H3. The molecule has 0 spiro atoms. The zero-order valence-corrected chi connectivity index (χ0v) is 9.35. The van der Waals surface area contributed by atoms with Crippen molar-refractivity contribution >= 4 is 5.78 Å². The molecule has 0 aromatic rings. The molecular formula is C13H22O. The van der Waals surface area contributed by atoms with Gasteiger partial charge in [-0.15, -0.1) is 0 Å². The van der Waals surface area contributed by atoms with E-state index in [0.29, 0.717) is 5.78 Å². The fourth-order valence-corrected chi connectivity index (χ4v) is 3.71. The summed E-state index contributed by atoms with van der Waals surface area (Å²) in [5, 5.41) is 0. The summed E-state index contributed by atoms with van der Waals surface area (Å²) in [6, 6.07) is 0. The van der Waals surface area contributed by atoms with Crippen LogP contribution in [0.25, 0.3) is 0 Å². The second-order valence-electron chi connectivity index (χ2n) is 5.25. The molecule has 0 aromatic carbocycles. The van der Waals surface area contributed by atoms with Crippen molar-refractivity contribution in [1.29, 1.82) is 0 Å². The molecule has 1 nitrogen and oxygen atoms in total. The van der Waals surface area contributed by atoms with E-state index in [-0.39, 0.29) is 5.41 Å². The van der Waals surface area contributed by atoms with E-state index in [4.69, 9.17) is 0 Å². The smallest absolute Gasteiger partial charge is 0.136 e. The van der Waals surface area contributed by atoms with Crippen molar-refractivity contribution in [2.75, 3.05) is 0 Å². The van der Waals surface area contributed by atoms with Crippen LogP contribution < -0.4 is 0 Å². The second kappa shape index (κ2) is 4.04. The van der Waals surface area contributed by atoms with Crippen LogP contribution in [0.2, 0.25) is 0 Å². The van der Waals surface area contributed by atoms with Crippen LogP contribution in [0.3, 0.4) is 0 Å². The van der Waals surface area contributed by atoms with E-state index >= 15 is 0 Å². The molecule has 2 fully saturated rings. The Balaban J connectivity index is 2.12. The number of rotatable bonds is 2. The number of carbonyl (C=O) groups excluding carboxylic acids is 1. The van der Waals surface area contributed by atoms with E-state index in [1.54, 1.807) is 0 Å². The lowest BCUT2D eigenvalue weighted by Crippen LogP contribution is -2.35. The fourth-order valence-electron chi connectivity index (χ4n) is 3.71. The van der Waals surface area contributed by atoms with Gasteiger partial charge in [0.1, 0.15) is 5.78 Å². The molecular weight excluding hydrogens is 172 g/mol. The fraction of sp³-hybridized carbons (Fsp3) is 0.923. The molecule has 80 valence electrons. The van der Waals surface area contributed by atoms with Crippen molar-refractivity contribution in [3.63, 3.8) is 0 Å². The Hall–Kier alpha value is -0.330. The van der Waals surface area contributed by atoms with Crippen molar-refractivity contribution in [2.24, 2.45) is 11.3 Å². The van der Waals surface area contributed by atoms with Gasteiger partial charge in [0.05, 0.1) is 0 Å². The zero-order chi connectivity index (χ0) is 10.0. The van der Waals surface area contributed by atoms with Crippen molar-refractivity contribution in [2.45, 2.75) is 64.7 Å². The van der Waals surface area contributed by atoms with Crippen LogP contribution in [0.5, 0.6) is 0 Å². The van der Waals surface area contributed by atoms with Gasteiger partial charge in [0, 0.05) is 5.41 Å². The van der Waals surface area contributed by atoms with E-state index in [9.17, 15) is 4.79 Å². The van der Waals surface area contributed by atoms with Crippen LogP contribution in [-0.2, 0) is 4.79 Å². The Bertz CT molecular complexity index is 207. The minimum atomic E-state index is 0.125. The molecule has 1 heteroatoms. The average Bonchev–Trinajstić information content (AvgIpc) is 2.69. The number of hydrogen-bond acceptors (Lipinski definition) is 1. The molecule has 0 heterocycles. The first-order chi connectivity index (χ1) is 6.76. The summed E-state index contributed by atoms with van der Waals surface area (Å²) in [6.45, 7) is 1.83. The average molecular weight is 194 g/mol. The lowest BCUT2D eigenvalue weighted by molar-refractivity contribution is -0.130. The van der Waals surface area contributed by atoms with E-state index in [1.807, 2.05) is 6.92 Å². The maximum absolute atomic E-state index is 11.9. The molecule has 0 aromatic heterocycles.